The first kappa shape index (κ1) is 28.2. The first-order chi connectivity index (χ1) is 18.8. The fraction of sp³-hybridized carbons (Fsp3) is 0.290. The van der Waals surface area contributed by atoms with Crippen molar-refractivity contribution in [3.8, 4) is 5.75 Å². The van der Waals surface area contributed by atoms with E-state index in [-0.39, 0.29) is 25.3 Å². The van der Waals surface area contributed by atoms with E-state index in [1.54, 1.807) is 29.5 Å². The summed E-state index contributed by atoms with van der Waals surface area (Å²) in [7, 11) is 0. The van der Waals surface area contributed by atoms with Gasteiger partial charge < -0.3 is 14.7 Å². The topological polar surface area (TPSA) is 62.7 Å². The lowest BCUT2D eigenvalue weighted by Gasteiger charge is -2.22. The molecule has 0 bridgehead atoms. The summed E-state index contributed by atoms with van der Waals surface area (Å²) in [5, 5.41) is 11.8. The second-order valence-electron chi connectivity index (χ2n) is 9.72. The van der Waals surface area contributed by atoms with Crippen LogP contribution in [0.1, 0.15) is 54.1 Å². The van der Waals surface area contributed by atoms with Gasteiger partial charge in [-0.05, 0) is 53.1 Å². The van der Waals surface area contributed by atoms with Crippen LogP contribution in [-0.4, -0.2) is 22.6 Å². The van der Waals surface area contributed by atoms with E-state index in [1.165, 1.54) is 12.1 Å². The standard InChI is InChI=1S/C31H32F2N2O3S/c1-21(2)29-20-39-31(34-29)35(16-15-24-5-3-4-6-27(24)32)18-22-7-9-23(10-8-22)19-38-26-13-11-25(28(33)17-26)12-14-30(36)37/h3-11,13,17,20-21H,12,14-16,18-19H2,1-2H3,(H,36,37). The monoisotopic (exact) mass is 550 g/mol. The van der Waals surface area contributed by atoms with Crippen molar-refractivity contribution in [1.29, 1.82) is 0 Å². The maximum absolute atomic E-state index is 14.3. The Morgan fingerprint density at radius 1 is 0.974 bits per heavy atom. The second kappa shape index (κ2) is 13.3. The van der Waals surface area contributed by atoms with Crippen LogP contribution in [0.3, 0.4) is 0 Å². The second-order valence-corrected chi connectivity index (χ2v) is 10.6. The molecule has 0 atom stereocenters. The zero-order valence-corrected chi connectivity index (χ0v) is 22.9. The van der Waals surface area contributed by atoms with Gasteiger partial charge in [-0.2, -0.15) is 0 Å². The summed E-state index contributed by atoms with van der Waals surface area (Å²) in [5.74, 6) is -0.906. The molecule has 0 amide bonds. The number of hydrogen-bond donors (Lipinski definition) is 1. The fourth-order valence-corrected chi connectivity index (χ4v) is 5.09. The van der Waals surface area contributed by atoms with E-state index in [4.69, 9.17) is 14.8 Å². The third-order valence-electron chi connectivity index (χ3n) is 6.42. The van der Waals surface area contributed by atoms with Crippen molar-refractivity contribution in [3.63, 3.8) is 0 Å². The van der Waals surface area contributed by atoms with Crippen molar-refractivity contribution in [2.24, 2.45) is 0 Å². The Balaban J connectivity index is 1.39. The average Bonchev–Trinajstić information content (AvgIpc) is 3.41. The Labute approximate surface area is 231 Å². The van der Waals surface area contributed by atoms with Gasteiger partial charge in [0.25, 0.3) is 0 Å². The van der Waals surface area contributed by atoms with Crippen molar-refractivity contribution < 1.29 is 23.4 Å². The molecule has 39 heavy (non-hydrogen) atoms. The summed E-state index contributed by atoms with van der Waals surface area (Å²) in [5.41, 5.74) is 4.10. The van der Waals surface area contributed by atoms with Crippen LogP contribution in [0.5, 0.6) is 5.75 Å². The smallest absolute Gasteiger partial charge is 0.303 e. The zero-order chi connectivity index (χ0) is 27.8. The predicted molar refractivity (Wildman–Crippen MR) is 150 cm³/mol. The Kier molecular flexibility index (Phi) is 9.65. The van der Waals surface area contributed by atoms with Gasteiger partial charge in [-0.3, -0.25) is 4.79 Å². The lowest BCUT2D eigenvalue weighted by molar-refractivity contribution is -0.136. The third kappa shape index (κ3) is 8.10. The molecule has 0 spiro atoms. The molecular formula is C31H32F2N2O3S. The Bertz CT molecular complexity index is 1390. The lowest BCUT2D eigenvalue weighted by atomic mass is 10.1. The van der Waals surface area contributed by atoms with Gasteiger partial charge in [0.15, 0.2) is 5.13 Å². The number of aromatic nitrogens is 1. The van der Waals surface area contributed by atoms with Crippen LogP contribution in [0.15, 0.2) is 72.1 Å². The van der Waals surface area contributed by atoms with Crippen LogP contribution in [0.4, 0.5) is 13.9 Å². The molecule has 5 nitrogen and oxygen atoms in total. The van der Waals surface area contributed by atoms with Crippen molar-refractivity contribution >= 4 is 22.4 Å². The first-order valence-electron chi connectivity index (χ1n) is 12.9. The number of carbonyl (C=O) groups is 1. The molecule has 1 N–H and O–H groups in total. The van der Waals surface area contributed by atoms with Crippen LogP contribution >= 0.6 is 11.3 Å². The Morgan fingerprint density at radius 3 is 2.36 bits per heavy atom. The van der Waals surface area contributed by atoms with Crippen LogP contribution in [0.2, 0.25) is 0 Å². The molecule has 0 aliphatic rings. The van der Waals surface area contributed by atoms with E-state index < -0.39 is 11.8 Å². The largest absolute Gasteiger partial charge is 0.489 e. The maximum atomic E-state index is 14.3. The number of aliphatic carboxylic acids is 1. The normalized spacial score (nSPS) is 11.1. The number of rotatable bonds is 13. The first-order valence-corrected chi connectivity index (χ1v) is 13.8. The van der Waals surface area contributed by atoms with E-state index in [0.717, 1.165) is 22.0 Å². The molecule has 0 saturated carbocycles. The number of nitrogens with zero attached hydrogens (tertiary/aromatic N) is 2. The van der Waals surface area contributed by atoms with Gasteiger partial charge in [-0.1, -0.05) is 62.4 Å². The summed E-state index contributed by atoms with van der Waals surface area (Å²) in [4.78, 5) is 17.7. The molecule has 4 aromatic rings. The van der Waals surface area contributed by atoms with Crippen LogP contribution < -0.4 is 9.64 Å². The van der Waals surface area contributed by atoms with E-state index in [9.17, 15) is 13.6 Å². The van der Waals surface area contributed by atoms with Crippen LogP contribution in [0.25, 0.3) is 0 Å². The van der Waals surface area contributed by atoms with Crippen LogP contribution in [-0.2, 0) is 30.8 Å². The highest BCUT2D eigenvalue weighted by atomic mass is 32.1. The van der Waals surface area contributed by atoms with Crippen molar-refractivity contribution in [1.82, 2.24) is 4.98 Å². The Hall–Kier alpha value is -3.78. The quantitative estimate of drug-likeness (QED) is 0.188. The molecule has 0 radical (unpaired) electrons. The van der Waals surface area contributed by atoms with Crippen molar-refractivity contribution in [3.05, 3.63) is 112 Å². The Morgan fingerprint density at radius 2 is 1.69 bits per heavy atom. The summed E-state index contributed by atoms with van der Waals surface area (Å²) in [6.45, 7) is 5.76. The van der Waals surface area contributed by atoms with Crippen molar-refractivity contribution in [2.75, 3.05) is 11.4 Å². The minimum atomic E-state index is -0.960. The van der Waals surface area contributed by atoms with E-state index in [1.807, 2.05) is 36.4 Å². The molecule has 3 aromatic carbocycles. The van der Waals surface area contributed by atoms with E-state index in [2.05, 4.69) is 24.1 Å². The minimum absolute atomic E-state index is 0.120. The molecule has 1 heterocycles. The van der Waals surface area contributed by atoms with Gasteiger partial charge in [0.1, 0.15) is 24.0 Å². The number of halogens is 2. The highest BCUT2D eigenvalue weighted by Gasteiger charge is 2.15. The van der Waals surface area contributed by atoms with Crippen LogP contribution in [0, 0.1) is 11.6 Å². The van der Waals surface area contributed by atoms with Gasteiger partial charge in [0.2, 0.25) is 0 Å². The molecule has 8 heteroatoms. The predicted octanol–water partition coefficient (Wildman–Crippen LogP) is 7.39. The molecule has 0 unspecified atom stereocenters. The summed E-state index contributed by atoms with van der Waals surface area (Å²) >= 11 is 1.60. The maximum Gasteiger partial charge on any atom is 0.303 e. The molecule has 0 aliphatic carbocycles. The van der Waals surface area contributed by atoms with Gasteiger partial charge in [-0.15, -0.1) is 11.3 Å². The minimum Gasteiger partial charge on any atom is -0.489 e. The third-order valence-corrected chi connectivity index (χ3v) is 7.34. The number of anilines is 1. The van der Waals surface area contributed by atoms with E-state index in [0.29, 0.717) is 42.3 Å². The molecular weight excluding hydrogens is 518 g/mol. The number of hydrogen-bond acceptors (Lipinski definition) is 5. The molecule has 1 aromatic heterocycles. The van der Waals surface area contributed by atoms with Crippen molar-refractivity contribution in [2.45, 2.75) is 52.2 Å². The number of thiazole rings is 1. The fourth-order valence-electron chi connectivity index (χ4n) is 4.08. The molecule has 4 rings (SSSR count). The van der Waals surface area contributed by atoms with Gasteiger partial charge in [0.05, 0.1) is 5.69 Å². The summed E-state index contributed by atoms with van der Waals surface area (Å²) in [6, 6.07) is 19.4. The number of carboxylic acid groups (broad SMARTS) is 1. The zero-order valence-electron chi connectivity index (χ0n) is 22.1. The number of benzene rings is 3. The lowest BCUT2D eigenvalue weighted by Crippen LogP contribution is -2.25. The average molecular weight is 551 g/mol. The van der Waals surface area contributed by atoms with E-state index >= 15 is 0 Å². The SMILES string of the molecule is CC(C)c1csc(N(CCc2ccccc2F)Cc2ccc(COc3ccc(CCC(=O)O)c(F)c3)cc2)n1. The highest BCUT2D eigenvalue weighted by Crippen LogP contribution is 2.27. The number of ether oxygens (including phenoxy) is 1. The molecule has 0 saturated heterocycles. The molecule has 204 valence electrons. The van der Waals surface area contributed by atoms with Gasteiger partial charge in [0, 0.05) is 31.0 Å². The highest BCUT2D eigenvalue weighted by molar-refractivity contribution is 7.13. The number of carboxylic acids is 1. The molecule has 0 aliphatic heterocycles. The van der Waals surface area contributed by atoms with Gasteiger partial charge in [-0.25, -0.2) is 13.8 Å². The number of aryl methyl sites for hydroxylation is 1. The summed E-state index contributed by atoms with van der Waals surface area (Å²) in [6.07, 6.45) is 0.590. The van der Waals surface area contributed by atoms with Gasteiger partial charge >= 0.3 is 5.97 Å². The molecule has 0 fully saturated rings. The summed E-state index contributed by atoms with van der Waals surface area (Å²) < 4.78 is 34.3.